The summed E-state index contributed by atoms with van der Waals surface area (Å²) in [5.41, 5.74) is 1.37. The van der Waals surface area contributed by atoms with Gasteiger partial charge in [-0.1, -0.05) is 12.1 Å². The number of carbonyl (C=O) groups is 1. The van der Waals surface area contributed by atoms with E-state index in [0.717, 1.165) is 11.9 Å². The summed E-state index contributed by atoms with van der Waals surface area (Å²) < 4.78 is 1.85. The second-order valence-corrected chi connectivity index (χ2v) is 5.55. The van der Waals surface area contributed by atoms with Gasteiger partial charge in [0.1, 0.15) is 5.56 Å². The van der Waals surface area contributed by atoms with Gasteiger partial charge in [-0.25, -0.2) is 4.79 Å². The summed E-state index contributed by atoms with van der Waals surface area (Å²) in [6.07, 6.45) is 2.24. The molecule has 4 nitrogen and oxygen atoms in total. The third-order valence-corrected chi connectivity index (χ3v) is 4.17. The molecule has 1 N–H and O–H groups in total. The Morgan fingerprint density at radius 2 is 2.05 bits per heavy atom. The standard InChI is InChI=1S/C16H13NO3S/c18-15-12-3-1-2-4-14(12)17(9-13(15)16(19)20)7-5-11-6-8-21-10-11/h1-4,6,8-10H,5,7H2,(H,19,20). The molecule has 0 aliphatic carbocycles. The Hall–Kier alpha value is -2.40. The Bertz CT molecular complexity index is 850. The molecule has 106 valence electrons. The first-order chi connectivity index (χ1) is 10.2. The van der Waals surface area contributed by atoms with Gasteiger partial charge in [-0.05, 0) is 40.9 Å². The van der Waals surface area contributed by atoms with Gasteiger partial charge in [-0.15, -0.1) is 0 Å². The summed E-state index contributed by atoms with van der Waals surface area (Å²) in [5, 5.41) is 13.7. The van der Waals surface area contributed by atoms with Gasteiger partial charge in [-0.3, -0.25) is 4.79 Å². The molecule has 0 unspecified atom stereocenters. The van der Waals surface area contributed by atoms with Crippen LogP contribution in [0.5, 0.6) is 0 Å². The molecule has 5 heteroatoms. The number of thiophene rings is 1. The van der Waals surface area contributed by atoms with E-state index in [0.29, 0.717) is 11.9 Å². The zero-order chi connectivity index (χ0) is 14.8. The highest BCUT2D eigenvalue weighted by Crippen LogP contribution is 2.14. The zero-order valence-corrected chi connectivity index (χ0v) is 12.0. The lowest BCUT2D eigenvalue weighted by atomic mass is 10.1. The van der Waals surface area contributed by atoms with Crippen LogP contribution in [0.1, 0.15) is 15.9 Å². The molecule has 0 bridgehead atoms. The van der Waals surface area contributed by atoms with Gasteiger partial charge in [0.15, 0.2) is 0 Å². The Labute approximate surface area is 124 Å². The topological polar surface area (TPSA) is 59.3 Å². The molecule has 0 spiro atoms. The second-order valence-electron chi connectivity index (χ2n) is 4.77. The second kappa shape index (κ2) is 5.54. The molecular formula is C16H13NO3S. The average molecular weight is 299 g/mol. The largest absolute Gasteiger partial charge is 0.477 e. The molecule has 0 atom stereocenters. The zero-order valence-electron chi connectivity index (χ0n) is 11.2. The number of hydrogen-bond acceptors (Lipinski definition) is 3. The fourth-order valence-electron chi connectivity index (χ4n) is 2.37. The maximum absolute atomic E-state index is 12.2. The number of carboxylic acids is 1. The van der Waals surface area contributed by atoms with Crippen molar-refractivity contribution in [2.45, 2.75) is 13.0 Å². The summed E-state index contributed by atoms with van der Waals surface area (Å²) in [7, 11) is 0. The van der Waals surface area contributed by atoms with Gasteiger partial charge >= 0.3 is 5.97 Å². The molecule has 0 saturated carbocycles. The van der Waals surface area contributed by atoms with Crippen molar-refractivity contribution in [3.63, 3.8) is 0 Å². The van der Waals surface area contributed by atoms with E-state index in [2.05, 4.69) is 5.38 Å². The number of nitrogens with zero attached hydrogens (tertiary/aromatic N) is 1. The Kier molecular flexibility index (Phi) is 3.58. The first kappa shape index (κ1) is 13.6. The number of aromatic nitrogens is 1. The van der Waals surface area contributed by atoms with E-state index in [9.17, 15) is 14.7 Å². The van der Waals surface area contributed by atoms with Crippen molar-refractivity contribution in [1.29, 1.82) is 0 Å². The lowest BCUT2D eigenvalue weighted by Gasteiger charge is -2.11. The van der Waals surface area contributed by atoms with Crippen LogP contribution in [-0.2, 0) is 13.0 Å². The maximum Gasteiger partial charge on any atom is 0.341 e. The van der Waals surface area contributed by atoms with E-state index in [4.69, 9.17) is 0 Å². The minimum absolute atomic E-state index is 0.181. The lowest BCUT2D eigenvalue weighted by Crippen LogP contribution is -2.19. The highest BCUT2D eigenvalue weighted by Gasteiger charge is 2.13. The number of aromatic carboxylic acids is 1. The van der Waals surface area contributed by atoms with Gasteiger partial charge in [-0.2, -0.15) is 11.3 Å². The van der Waals surface area contributed by atoms with Crippen molar-refractivity contribution in [1.82, 2.24) is 4.57 Å². The highest BCUT2D eigenvalue weighted by molar-refractivity contribution is 7.07. The summed E-state index contributed by atoms with van der Waals surface area (Å²) >= 11 is 1.64. The normalized spacial score (nSPS) is 10.9. The van der Waals surface area contributed by atoms with Crippen molar-refractivity contribution >= 4 is 28.2 Å². The fourth-order valence-corrected chi connectivity index (χ4v) is 3.07. The number of benzene rings is 1. The molecule has 0 aliphatic rings. The van der Waals surface area contributed by atoms with Crippen LogP contribution in [0, 0.1) is 0 Å². The third kappa shape index (κ3) is 2.60. The van der Waals surface area contributed by atoms with Gasteiger partial charge in [0.25, 0.3) is 0 Å². The maximum atomic E-state index is 12.2. The Balaban J connectivity index is 2.10. The first-order valence-electron chi connectivity index (χ1n) is 6.53. The molecule has 2 heterocycles. The molecule has 21 heavy (non-hydrogen) atoms. The number of para-hydroxylation sites is 1. The molecule has 0 fully saturated rings. The van der Waals surface area contributed by atoms with Crippen LogP contribution in [0.3, 0.4) is 0 Å². The van der Waals surface area contributed by atoms with E-state index in [1.807, 2.05) is 28.1 Å². The third-order valence-electron chi connectivity index (χ3n) is 3.44. The Morgan fingerprint density at radius 3 is 2.76 bits per heavy atom. The SMILES string of the molecule is O=C(O)c1cn(CCc2ccsc2)c2ccccc2c1=O. The van der Waals surface area contributed by atoms with Gasteiger partial charge in [0.2, 0.25) is 5.43 Å². The molecule has 3 rings (SSSR count). The number of aryl methyl sites for hydroxylation is 2. The molecule has 1 aromatic carbocycles. The number of hydrogen-bond donors (Lipinski definition) is 1. The summed E-state index contributed by atoms with van der Waals surface area (Å²) in [6, 6.07) is 9.16. The Morgan fingerprint density at radius 1 is 1.24 bits per heavy atom. The van der Waals surface area contributed by atoms with E-state index < -0.39 is 11.4 Å². The predicted molar refractivity (Wildman–Crippen MR) is 83.2 cm³/mol. The first-order valence-corrected chi connectivity index (χ1v) is 7.47. The fraction of sp³-hybridized carbons (Fsp3) is 0.125. The smallest absolute Gasteiger partial charge is 0.341 e. The van der Waals surface area contributed by atoms with Crippen LogP contribution in [0.15, 0.2) is 52.1 Å². The quantitative estimate of drug-likeness (QED) is 0.805. The average Bonchev–Trinajstić information content (AvgIpc) is 3.00. The molecule has 0 radical (unpaired) electrons. The molecule has 0 amide bonds. The minimum Gasteiger partial charge on any atom is -0.477 e. The summed E-state index contributed by atoms with van der Waals surface area (Å²) in [6.45, 7) is 0.637. The van der Waals surface area contributed by atoms with E-state index >= 15 is 0 Å². The molecule has 2 aromatic heterocycles. The van der Waals surface area contributed by atoms with Crippen LogP contribution < -0.4 is 5.43 Å². The van der Waals surface area contributed by atoms with E-state index in [-0.39, 0.29) is 5.56 Å². The lowest BCUT2D eigenvalue weighted by molar-refractivity contribution is 0.0695. The van der Waals surface area contributed by atoms with Crippen LogP contribution in [-0.4, -0.2) is 15.6 Å². The van der Waals surface area contributed by atoms with Crippen molar-refractivity contribution in [2.24, 2.45) is 0 Å². The molecule has 0 aliphatic heterocycles. The molecule has 0 saturated heterocycles. The van der Waals surface area contributed by atoms with Crippen molar-refractivity contribution in [3.05, 3.63) is 68.6 Å². The van der Waals surface area contributed by atoms with Gasteiger partial charge in [0.05, 0.1) is 5.52 Å². The number of rotatable bonds is 4. The van der Waals surface area contributed by atoms with E-state index in [1.54, 1.807) is 23.5 Å². The monoisotopic (exact) mass is 299 g/mol. The summed E-state index contributed by atoms with van der Waals surface area (Å²) in [5.74, 6) is -1.19. The summed E-state index contributed by atoms with van der Waals surface area (Å²) in [4.78, 5) is 23.4. The van der Waals surface area contributed by atoms with Crippen molar-refractivity contribution in [3.8, 4) is 0 Å². The van der Waals surface area contributed by atoms with Crippen LogP contribution in [0.25, 0.3) is 10.9 Å². The molecule has 3 aromatic rings. The highest BCUT2D eigenvalue weighted by atomic mass is 32.1. The van der Waals surface area contributed by atoms with E-state index in [1.165, 1.54) is 11.8 Å². The van der Waals surface area contributed by atoms with Crippen molar-refractivity contribution in [2.75, 3.05) is 0 Å². The number of pyridine rings is 1. The number of fused-ring (bicyclic) bond motifs is 1. The van der Waals surface area contributed by atoms with Gasteiger partial charge in [0, 0.05) is 18.1 Å². The van der Waals surface area contributed by atoms with Crippen LogP contribution in [0.4, 0.5) is 0 Å². The van der Waals surface area contributed by atoms with Crippen LogP contribution in [0.2, 0.25) is 0 Å². The van der Waals surface area contributed by atoms with Crippen molar-refractivity contribution < 1.29 is 9.90 Å². The minimum atomic E-state index is -1.19. The number of carboxylic acid groups (broad SMARTS) is 1. The van der Waals surface area contributed by atoms with Gasteiger partial charge < -0.3 is 9.67 Å². The predicted octanol–water partition coefficient (Wildman–Crippen LogP) is 3.00. The molecular weight excluding hydrogens is 286 g/mol. The van der Waals surface area contributed by atoms with Crippen LogP contribution >= 0.6 is 11.3 Å².